The second-order valence-electron chi connectivity index (χ2n) is 5.51. The van der Waals surface area contributed by atoms with E-state index in [1.807, 2.05) is 7.05 Å². The van der Waals surface area contributed by atoms with Crippen molar-refractivity contribution in [2.75, 3.05) is 12.4 Å². The highest BCUT2D eigenvalue weighted by Gasteiger charge is 2.06. The maximum absolute atomic E-state index is 5.48. The molecule has 0 spiro atoms. The molecule has 0 aliphatic rings. The van der Waals surface area contributed by atoms with Gasteiger partial charge < -0.3 is 10.2 Å². The summed E-state index contributed by atoms with van der Waals surface area (Å²) in [7, 11) is 2.02. The van der Waals surface area contributed by atoms with Crippen molar-refractivity contribution in [1.29, 1.82) is 0 Å². The van der Waals surface area contributed by atoms with Gasteiger partial charge in [-0.25, -0.2) is 0 Å². The van der Waals surface area contributed by atoms with Crippen LogP contribution in [0.25, 0.3) is 0 Å². The molecule has 0 saturated heterocycles. The number of anilines is 1. The first-order chi connectivity index (χ1) is 10.6. The minimum atomic E-state index is 0.740. The van der Waals surface area contributed by atoms with Crippen molar-refractivity contribution >= 4 is 23.0 Å². The summed E-state index contributed by atoms with van der Waals surface area (Å²) in [6.45, 7) is 5.14. The van der Waals surface area contributed by atoms with E-state index in [2.05, 4.69) is 72.6 Å². The van der Waals surface area contributed by atoms with Crippen molar-refractivity contribution in [2.45, 2.75) is 33.2 Å². The van der Waals surface area contributed by atoms with Gasteiger partial charge >= 0.3 is 0 Å². The number of hydrogen-bond donors (Lipinski definition) is 1. The van der Waals surface area contributed by atoms with Gasteiger partial charge in [-0.1, -0.05) is 50.2 Å². The zero-order valence-corrected chi connectivity index (χ0v) is 14.4. The van der Waals surface area contributed by atoms with Crippen LogP contribution in [0.3, 0.4) is 0 Å². The summed E-state index contributed by atoms with van der Waals surface area (Å²) in [5.74, 6) is 0. The molecule has 0 aromatic heterocycles. The number of nitrogens with zero attached hydrogens (tertiary/aromatic N) is 1. The minimum Gasteiger partial charge on any atom is -0.348 e. The lowest BCUT2D eigenvalue weighted by Gasteiger charge is -2.21. The highest BCUT2D eigenvalue weighted by Crippen LogP contribution is 2.12. The molecule has 0 radical (unpaired) electrons. The Bertz CT molecular complexity index is 602. The number of benzene rings is 2. The Balaban J connectivity index is 1.92. The molecule has 0 atom stereocenters. The van der Waals surface area contributed by atoms with Crippen LogP contribution in [-0.2, 0) is 19.4 Å². The van der Waals surface area contributed by atoms with Crippen LogP contribution in [0.2, 0.25) is 0 Å². The molecular weight excluding hydrogens is 288 g/mol. The van der Waals surface area contributed by atoms with Crippen LogP contribution in [0.1, 0.15) is 30.5 Å². The predicted octanol–water partition coefficient (Wildman–Crippen LogP) is 4.64. The summed E-state index contributed by atoms with van der Waals surface area (Å²) in [5, 5.41) is 4.03. The van der Waals surface area contributed by atoms with E-state index >= 15 is 0 Å². The van der Waals surface area contributed by atoms with Crippen molar-refractivity contribution < 1.29 is 0 Å². The molecule has 0 aliphatic heterocycles. The van der Waals surface area contributed by atoms with E-state index in [0.717, 1.165) is 30.2 Å². The van der Waals surface area contributed by atoms with Crippen LogP contribution in [0, 0.1) is 0 Å². The van der Waals surface area contributed by atoms with Crippen LogP contribution in [0.5, 0.6) is 0 Å². The molecule has 3 heteroatoms. The van der Waals surface area contributed by atoms with Crippen LogP contribution < -0.4 is 5.32 Å². The summed E-state index contributed by atoms with van der Waals surface area (Å²) in [6.07, 6.45) is 2.13. The molecule has 2 aromatic rings. The van der Waals surface area contributed by atoms with E-state index in [4.69, 9.17) is 12.2 Å². The molecule has 2 nitrogen and oxygen atoms in total. The van der Waals surface area contributed by atoms with Gasteiger partial charge in [0.05, 0.1) is 0 Å². The van der Waals surface area contributed by atoms with Gasteiger partial charge in [-0.3, -0.25) is 0 Å². The highest BCUT2D eigenvalue weighted by atomic mass is 32.1. The summed E-state index contributed by atoms with van der Waals surface area (Å²) in [4.78, 5) is 2.06. The first-order valence-electron chi connectivity index (χ1n) is 7.81. The van der Waals surface area contributed by atoms with Crippen molar-refractivity contribution in [3.8, 4) is 0 Å². The largest absolute Gasteiger partial charge is 0.348 e. The molecule has 0 aliphatic carbocycles. The van der Waals surface area contributed by atoms with Crippen LogP contribution in [0.15, 0.2) is 48.5 Å². The third-order valence-corrected chi connectivity index (χ3v) is 4.22. The number of hydrogen-bond acceptors (Lipinski definition) is 1. The fraction of sp³-hybridized carbons (Fsp3) is 0.316. The van der Waals surface area contributed by atoms with Crippen LogP contribution >= 0.6 is 12.2 Å². The van der Waals surface area contributed by atoms with Gasteiger partial charge in [-0.05, 0) is 53.9 Å². The Morgan fingerprint density at radius 1 is 0.864 bits per heavy atom. The lowest BCUT2D eigenvalue weighted by atomic mass is 10.1. The van der Waals surface area contributed by atoms with E-state index in [-0.39, 0.29) is 0 Å². The highest BCUT2D eigenvalue weighted by molar-refractivity contribution is 7.80. The lowest BCUT2D eigenvalue weighted by molar-refractivity contribution is 0.508. The molecule has 0 amide bonds. The van der Waals surface area contributed by atoms with E-state index in [1.54, 1.807) is 0 Å². The molecule has 116 valence electrons. The molecule has 0 unspecified atom stereocenters. The fourth-order valence-corrected chi connectivity index (χ4v) is 2.45. The second-order valence-corrected chi connectivity index (χ2v) is 5.89. The average molecular weight is 312 g/mol. The number of aryl methyl sites for hydroxylation is 2. The smallest absolute Gasteiger partial charge is 0.173 e. The lowest BCUT2D eigenvalue weighted by Crippen LogP contribution is -2.30. The van der Waals surface area contributed by atoms with Gasteiger partial charge in [-0.15, -0.1) is 0 Å². The summed E-state index contributed by atoms with van der Waals surface area (Å²) in [6, 6.07) is 17.1. The average Bonchev–Trinajstić information content (AvgIpc) is 2.56. The molecule has 0 bridgehead atoms. The Hall–Kier alpha value is -1.87. The van der Waals surface area contributed by atoms with Gasteiger partial charge in [0.25, 0.3) is 0 Å². The topological polar surface area (TPSA) is 15.3 Å². The van der Waals surface area contributed by atoms with E-state index in [0.29, 0.717) is 0 Å². The number of thiocarbonyl (C=S) groups is 1. The van der Waals surface area contributed by atoms with E-state index < -0.39 is 0 Å². The van der Waals surface area contributed by atoms with Gasteiger partial charge in [0.15, 0.2) is 5.11 Å². The normalized spacial score (nSPS) is 10.3. The molecule has 2 rings (SSSR count). The Morgan fingerprint density at radius 2 is 1.32 bits per heavy atom. The molecule has 22 heavy (non-hydrogen) atoms. The third-order valence-electron chi connectivity index (χ3n) is 3.81. The maximum atomic E-state index is 5.48. The number of rotatable bonds is 5. The first kappa shape index (κ1) is 16.5. The van der Waals surface area contributed by atoms with Crippen molar-refractivity contribution in [1.82, 2.24) is 4.90 Å². The minimum absolute atomic E-state index is 0.740. The van der Waals surface area contributed by atoms with Crippen LogP contribution in [0.4, 0.5) is 5.69 Å². The molecule has 0 fully saturated rings. The Morgan fingerprint density at radius 3 is 1.82 bits per heavy atom. The van der Waals surface area contributed by atoms with E-state index in [1.165, 1.54) is 16.7 Å². The van der Waals surface area contributed by atoms with Crippen LogP contribution in [-0.4, -0.2) is 17.1 Å². The maximum Gasteiger partial charge on any atom is 0.173 e. The molecule has 0 heterocycles. The third kappa shape index (κ3) is 4.57. The van der Waals surface area contributed by atoms with Crippen molar-refractivity contribution in [2.24, 2.45) is 0 Å². The second kappa shape index (κ2) is 7.95. The molecule has 0 saturated carbocycles. The van der Waals surface area contributed by atoms with Gasteiger partial charge in [0.2, 0.25) is 0 Å². The van der Waals surface area contributed by atoms with Gasteiger partial charge in [0.1, 0.15) is 0 Å². The van der Waals surface area contributed by atoms with Crippen molar-refractivity contribution in [3.63, 3.8) is 0 Å². The Labute approximate surface area is 139 Å². The summed E-state index contributed by atoms with van der Waals surface area (Å²) < 4.78 is 0. The molecule has 2 aromatic carbocycles. The fourth-order valence-electron chi connectivity index (χ4n) is 2.27. The quantitative estimate of drug-likeness (QED) is 0.810. The predicted molar refractivity (Wildman–Crippen MR) is 99.3 cm³/mol. The Kier molecular flexibility index (Phi) is 5.96. The molecular formula is C19H24N2S. The monoisotopic (exact) mass is 312 g/mol. The van der Waals surface area contributed by atoms with Gasteiger partial charge in [-0.2, -0.15) is 0 Å². The first-order valence-corrected chi connectivity index (χ1v) is 8.22. The summed E-state index contributed by atoms with van der Waals surface area (Å²) >= 11 is 5.48. The van der Waals surface area contributed by atoms with Crippen molar-refractivity contribution in [3.05, 3.63) is 65.2 Å². The standard InChI is InChI=1S/C19H24N2S/c1-4-15-6-8-17(9-7-15)14-21(3)19(22)20-18-12-10-16(5-2)11-13-18/h6-13H,4-5,14H2,1-3H3,(H,20,22). The zero-order valence-electron chi connectivity index (χ0n) is 13.6. The zero-order chi connectivity index (χ0) is 15.9. The van der Waals surface area contributed by atoms with Gasteiger partial charge in [0, 0.05) is 19.3 Å². The summed E-state index contributed by atoms with van der Waals surface area (Å²) in [5.41, 5.74) is 5.00. The number of nitrogens with one attached hydrogen (secondary N) is 1. The molecule has 1 N–H and O–H groups in total. The SMILES string of the molecule is CCc1ccc(CN(C)C(=S)Nc2ccc(CC)cc2)cc1. The van der Waals surface area contributed by atoms with E-state index in [9.17, 15) is 0 Å².